The van der Waals surface area contributed by atoms with Gasteiger partial charge in [-0.25, -0.2) is 0 Å². The predicted molar refractivity (Wildman–Crippen MR) is 107 cm³/mol. The maximum absolute atomic E-state index is 2.44. The summed E-state index contributed by atoms with van der Waals surface area (Å²) in [4.78, 5) is 0. The Hall–Kier alpha value is -2.34. The summed E-state index contributed by atoms with van der Waals surface area (Å²) < 4.78 is 0. The van der Waals surface area contributed by atoms with E-state index in [9.17, 15) is 0 Å². The molecule has 0 N–H and O–H groups in total. The van der Waals surface area contributed by atoms with Gasteiger partial charge in [-0.1, -0.05) is 80.6 Å². The molecule has 3 aromatic carbocycles. The first-order valence-electron chi connectivity index (χ1n) is 9.57. The van der Waals surface area contributed by atoms with E-state index in [-0.39, 0.29) is 0 Å². The van der Waals surface area contributed by atoms with E-state index in [2.05, 4.69) is 80.6 Å². The van der Waals surface area contributed by atoms with Crippen molar-refractivity contribution in [1.29, 1.82) is 0 Å². The van der Waals surface area contributed by atoms with Gasteiger partial charge in [0.25, 0.3) is 0 Å². The largest absolute Gasteiger partial charge is 0.0620 e. The maximum atomic E-state index is 2.44. The lowest BCUT2D eigenvalue weighted by molar-refractivity contribution is 0.687. The summed E-state index contributed by atoms with van der Waals surface area (Å²) in [6, 6.07) is 25.3. The van der Waals surface area contributed by atoms with Gasteiger partial charge in [-0.2, -0.15) is 0 Å². The Kier molecular flexibility index (Phi) is 4.44. The van der Waals surface area contributed by atoms with Crippen molar-refractivity contribution in [1.82, 2.24) is 0 Å². The molecule has 25 heavy (non-hydrogen) atoms. The number of aryl methyl sites for hydroxylation is 2. The van der Waals surface area contributed by atoms with E-state index in [1.807, 2.05) is 0 Å². The molecule has 0 nitrogen and oxygen atoms in total. The lowest BCUT2D eigenvalue weighted by Crippen LogP contribution is -2.06. The molecule has 1 atom stereocenters. The van der Waals surface area contributed by atoms with E-state index in [4.69, 9.17) is 0 Å². The predicted octanol–water partition coefficient (Wildman–Crippen LogP) is 6.36. The van der Waals surface area contributed by atoms with Crippen molar-refractivity contribution in [3.8, 4) is 11.1 Å². The number of hydrogen-bond donors (Lipinski definition) is 0. The number of benzene rings is 3. The molecule has 0 saturated carbocycles. The van der Waals surface area contributed by atoms with Crippen LogP contribution in [0.1, 0.15) is 47.6 Å². The van der Waals surface area contributed by atoms with Crippen molar-refractivity contribution >= 4 is 0 Å². The van der Waals surface area contributed by atoms with Gasteiger partial charge in [-0.15, -0.1) is 0 Å². The van der Waals surface area contributed by atoms with Crippen molar-refractivity contribution in [3.05, 3.63) is 94.5 Å². The first-order chi connectivity index (χ1) is 12.3. The summed E-state index contributed by atoms with van der Waals surface area (Å²) in [6.45, 7) is 4.49. The van der Waals surface area contributed by atoms with Crippen LogP contribution in [0.4, 0.5) is 0 Å². The Balaban J connectivity index is 1.84. The quantitative estimate of drug-likeness (QED) is 0.525. The minimum atomic E-state index is 0.556. The molecule has 126 valence electrons. The smallest absolute Gasteiger partial charge is 0.00805 e. The highest BCUT2D eigenvalue weighted by Crippen LogP contribution is 2.38. The molecule has 0 aliphatic heterocycles. The van der Waals surface area contributed by atoms with Crippen LogP contribution >= 0.6 is 0 Å². The SMILES string of the molecule is CCc1cccc(C2Cc3ccccc3-c3ccc(CC)cc3C2)c1. The molecule has 0 bridgehead atoms. The lowest BCUT2D eigenvalue weighted by Gasteiger charge is -2.17. The zero-order chi connectivity index (χ0) is 17.2. The fourth-order valence-corrected chi connectivity index (χ4v) is 4.17. The van der Waals surface area contributed by atoms with Crippen molar-refractivity contribution in [2.24, 2.45) is 0 Å². The van der Waals surface area contributed by atoms with Gasteiger partial charge in [0.1, 0.15) is 0 Å². The fourth-order valence-electron chi connectivity index (χ4n) is 4.17. The highest BCUT2D eigenvalue weighted by Gasteiger charge is 2.22. The lowest BCUT2D eigenvalue weighted by atomic mass is 9.87. The Morgan fingerprint density at radius 2 is 1.40 bits per heavy atom. The van der Waals surface area contributed by atoms with Crippen LogP contribution in [0.25, 0.3) is 11.1 Å². The molecule has 0 amide bonds. The van der Waals surface area contributed by atoms with E-state index < -0.39 is 0 Å². The normalized spacial score (nSPS) is 16.0. The van der Waals surface area contributed by atoms with Gasteiger partial charge in [0, 0.05) is 0 Å². The van der Waals surface area contributed by atoms with Crippen LogP contribution in [-0.2, 0) is 25.7 Å². The van der Waals surface area contributed by atoms with Crippen LogP contribution in [0.3, 0.4) is 0 Å². The molecule has 1 unspecified atom stereocenters. The summed E-state index contributed by atoms with van der Waals surface area (Å²) in [6.07, 6.45) is 4.46. The average Bonchev–Trinajstić information content (AvgIpc) is 2.84. The van der Waals surface area contributed by atoms with E-state index in [0.29, 0.717) is 5.92 Å². The second kappa shape index (κ2) is 6.88. The van der Waals surface area contributed by atoms with Gasteiger partial charge in [0.05, 0.1) is 0 Å². The first kappa shape index (κ1) is 16.1. The minimum absolute atomic E-state index is 0.556. The van der Waals surface area contributed by atoms with E-state index in [0.717, 1.165) is 25.7 Å². The first-order valence-corrected chi connectivity index (χ1v) is 9.57. The molecule has 0 heterocycles. The molecular formula is C25H26. The third-order valence-corrected chi connectivity index (χ3v) is 5.65. The zero-order valence-corrected chi connectivity index (χ0v) is 15.3. The molecule has 0 saturated heterocycles. The topological polar surface area (TPSA) is 0 Å². The maximum Gasteiger partial charge on any atom is -0.00805 e. The van der Waals surface area contributed by atoms with Crippen molar-refractivity contribution < 1.29 is 0 Å². The van der Waals surface area contributed by atoms with Gasteiger partial charge >= 0.3 is 0 Å². The van der Waals surface area contributed by atoms with Gasteiger partial charge < -0.3 is 0 Å². The molecule has 0 heteroatoms. The summed E-state index contributed by atoms with van der Waals surface area (Å²) in [7, 11) is 0. The molecule has 0 fully saturated rings. The standard InChI is InChI=1S/C25H26/c1-3-18-8-7-10-20(14-18)22-16-21-9-5-6-11-24(21)25-13-12-19(4-2)15-23(25)17-22/h5-15,22H,3-4,16-17H2,1-2H3. The molecule has 0 spiro atoms. The highest BCUT2D eigenvalue weighted by atomic mass is 14.3. The number of fused-ring (bicyclic) bond motifs is 3. The van der Waals surface area contributed by atoms with Gasteiger partial charge in [0.2, 0.25) is 0 Å². The molecule has 1 aliphatic carbocycles. The monoisotopic (exact) mass is 326 g/mol. The van der Waals surface area contributed by atoms with Crippen LogP contribution in [0.5, 0.6) is 0 Å². The van der Waals surface area contributed by atoms with Crippen LogP contribution in [0.2, 0.25) is 0 Å². The molecule has 3 aromatic rings. The number of hydrogen-bond acceptors (Lipinski definition) is 0. The summed E-state index contributed by atoms with van der Waals surface area (Å²) >= 11 is 0. The summed E-state index contributed by atoms with van der Waals surface area (Å²) in [5, 5.41) is 0. The van der Waals surface area contributed by atoms with Gasteiger partial charge in [-0.05, 0) is 70.5 Å². The molecular weight excluding hydrogens is 300 g/mol. The van der Waals surface area contributed by atoms with Crippen LogP contribution < -0.4 is 0 Å². The Morgan fingerprint density at radius 3 is 2.24 bits per heavy atom. The van der Waals surface area contributed by atoms with Crippen molar-refractivity contribution in [3.63, 3.8) is 0 Å². The van der Waals surface area contributed by atoms with Crippen LogP contribution in [-0.4, -0.2) is 0 Å². The molecule has 4 rings (SSSR count). The second-order valence-corrected chi connectivity index (χ2v) is 7.21. The highest BCUT2D eigenvalue weighted by molar-refractivity contribution is 5.72. The van der Waals surface area contributed by atoms with Crippen molar-refractivity contribution in [2.75, 3.05) is 0 Å². The minimum Gasteiger partial charge on any atom is -0.0620 e. The Morgan fingerprint density at radius 1 is 0.680 bits per heavy atom. The van der Waals surface area contributed by atoms with E-state index in [1.54, 1.807) is 0 Å². The van der Waals surface area contributed by atoms with E-state index >= 15 is 0 Å². The second-order valence-electron chi connectivity index (χ2n) is 7.21. The average molecular weight is 326 g/mol. The Labute approximate surface area is 151 Å². The Bertz CT molecular complexity index is 888. The molecule has 0 radical (unpaired) electrons. The van der Waals surface area contributed by atoms with Gasteiger partial charge in [0.15, 0.2) is 0 Å². The van der Waals surface area contributed by atoms with Crippen molar-refractivity contribution in [2.45, 2.75) is 45.4 Å². The third kappa shape index (κ3) is 3.14. The van der Waals surface area contributed by atoms with Crippen LogP contribution in [0, 0.1) is 0 Å². The summed E-state index contributed by atoms with van der Waals surface area (Å²) in [5.74, 6) is 0.556. The zero-order valence-electron chi connectivity index (χ0n) is 15.3. The third-order valence-electron chi connectivity index (χ3n) is 5.65. The van der Waals surface area contributed by atoms with Crippen LogP contribution in [0.15, 0.2) is 66.7 Å². The van der Waals surface area contributed by atoms with E-state index in [1.165, 1.54) is 38.9 Å². The fraction of sp³-hybridized carbons (Fsp3) is 0.280. The number of rotatable bonds is 3. The molecule has 1 aliphatic rings. The molecule has 0 aromatic heterocycles. The summed E-state index contributed by atoms with van der Waals surface area (Å²) in [5.41, 5.74) is 10.2. The van der Waals surface area contributed by atoms with Gasteiger partial charge in [-0.3, -0.25) is 0 Å².